The summed E-state index contributed by atoms with van der Waals surface area (Å²) in [6.07, 6.45) is 0.688. The van der Waals surface area contributed by atoms with Crippen LogP contribution in [0.2, 0.25) is 0 Å². The van der Waals surface area contributed by atoms with Crippen molar-refractivity contribution >= 4 is 11.9 Å². The highest BCUT2D eigenvalue weighted by atomic mass is 16.5. The van der Waals surface area contributed by atoms with Crippen molar-refractivity contribution in [2.75, 3.05) is 26.8 Å². The van der Waals surface area contributed by atoms with Crippen LogP contribution < -0.4 is 9.47 Å². The molecule has 1 N–H and O–H groups in total. The molecule has 0 atom stereocenters. The highest BCUT2D eigenvalue weighted by Crippen LogP contribution is 2.28. The molecule has 0 fully saturated rings. The minimum atomic E-state index is -1.03. The Bertz CT molecular complexity index is 501. The van der Waals surface area contributed by atoms with Gasteiger partial charge in [-0.05, 0) is 31.5 Å². The van der Waals surface area contributed by atoms with Gasteiger partial charge < -0.3 is 19.5 Å². The van der Waals surface area contributed by atoms with E-state index in [9.17, 15) is 9.59 Å². The summed E-state index contributed by atoms with van der Waals surface area (Å²) in [5.74, 6) is -0.357. The van der Waals surface area contributed by atoms with E-state index in [1.54, 1.807) is 18.2 Å². The topological polar surface area (TPSA) is 76.1 Å². The summed E-state index contributed by atoms with van der Waals surface area (Å²) in [7, 11) is 1.52. The number of amides is 1. The van der Waals surface area contributed by atoms with Gasteiger partial charge in [-0.2, -0.15) is 0 Å². The molecule has 0 heterocycles. The molecule has 0 saturated carbocycles. The van der Waals surface area contributed by atoms with E-state index in [0.717, 1.165) is 0 Å². The van der Waals surface area contributed by atoms with Crippen LogP contribution in [0.1, 0.15) is 30.6 Å². The zero-order valence-electron chi connectivity index (χ0n) is 12.6. The molecule has 0 unspecified atom stereocenters. The summed E-state index contributed by atoms with van der Waals surface area (Å²) in [4.78, 5) is 24.5. The summed E-state index contributed by atoms with van der Waals surface area (Å²) in [5, 5.41) is 8.89. The Balaban J connectivity index is 3.03. The predicted molar refractivity (Wildman–Crippen MR) is 78.0 cm³/mol. The van der Waals surface area contributed by atoms with Gasteiger partial charge in [0.25, 0.3) is 5.91 Å². The highest BCUT2D eigenvalue weighted by molar-refractivity contribution is 5.96. The zero-order valence-corrected chi connectivity index (χ0v) is 12.6. The second-order valence-electron chi connectivity index (χ2n) is 4.42. The number of carbonyl (C=O) groups excluding carboxylic acids is 1. The average molecular weight is 295 g/mol. The molecule has 0 aliphatic carbocycles. The Labute approximate surface area is 124 Å². The van der Waals surface area contributed by atoms with Crippen LogP contribution in [0.4, 0.5) is 0 Å². The SMILES string of the molecule is CCCN(CC(=O)O)C(=O)c1ccc(OC)c(OCC)c1. The zero-order chi connectivity index (χ0) is 15.8. The Hall–Kier alpha value is -2.24. The van der Waals surface area contributed by atoms with E-state index in [1.807, 2.05) is 13.8 Å². The first kappa shape index (κ1) is 16.8. The third-order valence-electron chi connectivity index (χ3n) is 2.82. The number of carbonyl (C=O) groups is 2. The van der Waals surface area contributed by atoms with Crippen molar-refractivity contribution in [3.05, 3.63) is 23.8 Å². The summed E-state index contributed by atoms with van der Waals surface area (Å²) < 4.78 is 10.6. The fourth-order valence-corrected chi connectivity index (χ4v) is 1.95. The number of nitrogens with zero attached hydrogens (tertiary/aromatic N) is 1. The Morgan fingerprint density at radius 3 is 2.48 bits per heavy atom. The fraction of sp³-hybridized carbons (Fsp3) is 0.467. The molecule has 1 rings (SSSR count). The molecule has 6 nitrogen and oxygen atoms in total. The van der Waals surface area contributed by atoms with Crippen LogP contribution in [0.3, 0.4) is 0 Å². The third kappa shape index (κ3) is 4.66. The third-order valence-corrected chi connectivity index (χ3v) is 2.82. The number of carboxylic acid groups (broad SMARTS) is 1. The molecule has 0 aliphatic rings. The lowest BCUT2D eigenvalue weighted by atomic mass is 10.1. The minimum Gasteiger partial charge on any atom is -0.493 e. The Kier molecular flexibility index (Phi) is 6.52. The molecule has 0 bridgehead atoms. The molecule has 1 amide bonds. The summed E-state index contributed by atoms with van der Waals surface area (Å²) >= 11 is 0. The minimum absolute atomic E-state index is 0.317. The van der Waals surface area contributed by atoms with Gasteiger partial charge in [0, 0.05) is 12.1 Å². The van der Waals surface area contributed by atoms with Crippen LogP contribution in [-0.2, 0) is 4.79 Å². The van der Waals surface area contributed by atoms with Gasteiger partial charge in [0.1, 0.15) is 6.54 Å². The van der Waals surface area contributed by atoms with Gasteiger partial charge in [-0.25, -0.2) is 0 Å². The van der Waals surface area contributed by atoms with Gasteiger partial charge >= 0.3 is 5.97 Å². The second kappa shape index (κ2) is 8.14. The van der Waals surface area contributed by atoms with E-state index in [0.29, 0.717) is 36.6 Å². The lowest BCUT2D eigenvalue weighted by Gasteiger charge is -2.20. The van der Waals surface area contributed by atoms with Crippen LogP contribution in [0, 0.1) is 0 Å². The quantitative estimate of drug-likeness (QED) is 0.794. The highest BCUT2D eigenvalue weighted by Gasteiger charge is 2.19. The number of aliphatic carboxylic acids is 1. The maximum Gasteiger partial charge on any atom is 0.323 e. The Morgan fingerprint density at radius 1 is 1.24 bits per heavy atom. The van der Waals surface area contributed by atoms with Crippen molar-refractivity contribution in [1.29, 1.82) is 0 Å². The van der Waals surface area contributed by atoms with Crippen LogP contribution in [0.5, 0.6) is 11.5 Å². The molecule has 1 aromatic rings. The molecular formula is C15H21NO5. The van der Waals surface area contributed by atoms with Crippen molar-refractivity contribution in [2.45, 2.75) is 20.3 Å². The monoisotopic (exact) mass is 295 g/mol. The van der Waals surface area contributed by atoms with Gasteiger partial charge in [-0.3, -0.25) is 9.59 Å². The van der Waals surface area contributed by atoms with Gasteiger partial charge in [-0.1, -0.05) is 6.92 Å². The maximum absolute atomic E-state index is 12.4. The van der Waals surface area contributed by atoms with E-state index in [-0.39, 0.29) is 12.5 Å². The Morgan fingerprint density at radius 2 is 1.95 bits per heavy atom. The normalized spacial score (nSPS) is 10.0. The first-order valence-electron chi connectivity index (χ1n) is 6.85. The predicted octanol–water partition coefficient (Wildman–Crippen LogP) is 2.03. The molecule has 0 aliphatic heterocycles. The molecule has 6 heteroatoms. The fourth-order valence-electron chi connectivity index (χ4n) is 1.95. The second-order valence-corrected chi connectivity index (χ2v) is 4.42. The number of ether oxygens (including phenoxy) is 2. The van der Waals surface area contributed by atoms with E-state index in [2.05, 4.69) is 0 Å². The van der Waals surface area contributed by atoms with Crippen LogP contribution in [0.25, 0.3) is 0 Å². The van der Waals surface area contributed by atoms with Gasteiger partial charge in [0.2, 0.25) is 0 Å². The van der Waals surface area contributed by atoms with E-state index in [4.69, 9.17) is 14.6 Å². The smallest absolute Gasteiger partial charge is 0.323 e. The number of rotatable bonds is 8. The van der Waals surface area contributed by atoms with E-state index < -0.39 is 5.97 Å². The van der Waals surface area contributed by atoms with Crippen molar-refractivity contribution in [1.82, 2.24) is 4.90 Å². The lowest BCUT2D eigenvalue weighted by molar-refractivity contribution is -0.137. The van der Waals surface area contributed by atoms with Crippen molar-refractivity contribution in [3.8, 4) is 11.5 Å². The van der Waals surface area contributed by atoms with Crippen molar-refractivity contribution < 1.29 is 24.2 Å². The summed E-state index contributed by atoms with van der Waals surface area (Å²) in [5.41, 5.74) is 0.383. The van der Waals surface area contributed by atoms with E-state index >= 15 is 0 Å². The average Bonchev–Trinajstić information content (AvgIpc) is 2.46. The van der Waals surface area contributed by atoms with Crippen LogP contribution in [-0.4, -0.2) is 48.7 Å². The lowest BCUT2D eigenvalue weighted by Crippen LogP contribution is -2.36. The van der Waals surface area contributed by atoms with Gasteiger partial charge in [0.15, 0.2) is 11.5 Å². The molecule has 1 aromatic carbocycles. The van der Waals surface area contributed by atoms with Crippen LogP contribution >= 0.6 is 0 Å². The molecule has 0 saturated heterocycles. The van der Waals surface area contributed by atoms with E-state index in [1.165, 1.54) is 12.0 Å². The first-order chi connectivity index (χ1) is 10.0. The molecule has 0 aromatic heterocycles. The number of methoxy groups -OCH3 is 1. The number of carboxylic acids is 1. The number of hydrogen-bond acceptors (Lipinski definition) is 4. The number of hydrogen-bond donors (Lipinski definition) is 1. The van der Waals surface area contributed by atoms with Crippen LogP contribution in [0.15, 0.2) is 18.2 Å². The first-order valence-corrected chi connectivity index (χ1v) is 6.85. The maximum atomic E-state index is 12.4. The summed E-state index contributed by atoms with van der Waals surface area (Å²) in [6, 6.07) is 4.83. The van der Waals surface area contributed by atoms with Crippen molar-refractivity contribution in [3.63, 3.8) is 0 Å². The number of benzene rings is 1. The molecule has 0 radical (unpaired) electrons. The van der Waals surface area contributed by atoms with Crippen molar-refractivity contribution in [2.24, 2.45) is 0 Å². The molecule has 0 spiro atoms. The van der Waals surface area contributed by atoms with Gasteiger partial charge in [0.05, 0.1) is 13.7 Å². The standard InChI is InChI=1S/C15H21NO5/c1-4-8-16(10-14(17)18)15(19)11-6-7-12(20-3)13(9-11)21-5-2/h6-7,9H,4-5,8,10H2,1-3H3,(H,17,18). The summed E-state index contributed by atoms with van der Waals surface area (Å²) in [6.45, 7) is 4.25. The molecule has 116 valence electrons. The molecule has 21 heavy (non-hydrogen) atoms. The largest absolute Gasteiger partial charge is 0.493 e. The molecular weight excluding hydrogens is 274 g/mol. The van der Waals surface area contributed by atoms with Gasteiger partial charge in [-0.15, -0.1) is 0 Å².